The van der Waals surface area contributed by atoms with E-state index in [1.54, 1.807) is 24.3 Å². The van der Waals surface area contributed by atoms with Crippen LogP contribution in [0.25, 0.3) is 0 Å². The third kappa shape index (κ3) is 2.67. The smallest absolute Gasteiger partial charge is 0.135 e. The molecule has 0 aliphatic rings. The third-order valence-electron chi connectivity index (χ3n) is 2.50. The van der Waals surface area contributed by atoms with Crippen LogP contribution in [0.2, 0.25) is 0 Å². The Hall–Kier alpha value is -1.08. The highest BCUT2D eigenvalue weighted by atomic mass is 127. The minimum Gasteiger partial charge on any atom is -0.383 e. The molecule has 0 heterocycles. The lowest BCUT2D eigenvalue weighted by atomic mass is 10.0. The fourth-order valence-corrected chi connectivity index (χ4v) is 1.99. The van der Waals surface area contributed by atoms with Gasteiger partial charge in [-0.25, -0.2) is 13.2 Å². The quantitative estimate of drug-likeness (QED) is 0.805. The molecule has 0 radical (unpaired) electrons. The van der Waals surface area contributed by atoms with E-state index >= 15 is 0 Å². The monoisotopic (exact) mass is 364 g/mol. The molecule has 0 fully saturated rings. The van der Waals surface area contributed by atoms with Gasteiger partial charge < -0.3 is 5.11 Å². The van der Waals surface area contributed by atoms with E-state index in [0.29, 0.717) is 17.7 Å². The molecule has 2 rings (SSSR count). The molecule has 1 unspecified atom stereocenters. The molecule has 18 heavy (non-hydrogen) atoms. The lowest BCUT2D eigenvalue weighted by Crippen LogP contribution is -2.06. The highest BCUT2D eigenvalue weighted by Crippen LogP contribution is 2.27. The number of aliphatic hydroxyl groups excluding tert-OH is 1. The Kier molecular flexibility index (Phi) is 3.91. The van der Waals surface area contributed by atoms with Crippen LogP contribution in [0.5, 0.6) is 0 Å². The number of benzene rings is 2. The SMILES string of the molecule is OC(c1ccc(I)cc1)c1c(F)cc(F)cc1F. The van der Waals surface area contributed by atoms with Crippen LogP contribution in [0.3, 0.4) is 0 Å². The summed E-state index contributed by atoms with van der Waals surface area (Å²) < 4.78 is 40.7. The van der Waals surface area contributed by atoms with E-state index in [2.05, 4.69) is 22.6 Å². The van der Waals surface area contributed by atoms with E-state index in [0.717, 1.165) is 3.57 Å². The molecular formula is C13H8F3IO. The van der Waals surface area contributed by atoms with Gasteiger partial charge in [0.25, 0.3) is 0 Å². The van der Waals surface area contributed by atoms with E-state index < -0.39 is 29.1 Å². The van der Waals surface area contributed by atoms with Crippen molar-refractivity contribution >= 4 is 22.6 Å². The van der Waals surface area contributed by atoms with Crippen molar-refractivity contribution in [2.45, 2.75) is 6.10 Å². The fourth-order valence-electron chi connectivity index (χ4n) is 1.63. The summed E-state index contributed by atoms with van der Waals surface area (Å²) in [5.74, 6) is -3.21. The highest BCUT2D eigenvalue weighted by molar-refractivity contribution is 14.1. The molecule has 0 spiro atoms. The van der Waals surface area contributed by atoms with Crippen LogP contribution in [0, 0.1) is 21.0 Å². The van der Waals surface area contributed by atoms with Crippen LogP contribution in [0.1, 0.15) is 17.2 Å². The lowest BCUT2D eigenvalue weighted by Gasteiger charge is -2.13. The Balaban J connectivity index is 2.46. The summed E-state index contributed by atoms with van der Waals surface area (Å²) in [5.41, 5.74) is -0.197. The fraction of sp³-hybridized carbons (Fsp3) is 0.0769. The predicted octanol–water partition coefficient (Wildman–Crippen LogP) is 3.79. The topological polar surface area (TPSA) is 20.2 Å². The number of rotatable bonds is 2. The Morgan fingerprint density at radius 2 is 1.44 bits per heavy atom. The summed E-state index contributed by atoms with van der Waals surface area (Å²) in [5, 5.41) is 9.93. The molecule has 2 aromatic carbocycles. The second-order valence-electron chi connectivity index (χ2n) is 3.74. The molecule has 94 valence electrons. The molecule has 5 heteroatoms. The predicted molar refractivity (Wildman–Crippen MR) is 69.5 cm³/mol. The maximum Gasteiger partial charge on any atom is 0.135 e. The number of hydrogen-bond acceptors (Lipinski definition) is 1. The molecular weight excluding hydrogens is 356 g/mol. The third-order valence-corrected chi connectivity index (χ3v) is 3.22. The Morgan fingerprint density at radius 3 is 1.94 bits per heavy atom. The summed E-state index contributed by atoms with van der Waals surface area (Å²) in [6.07, 6.45) is -1.46. The van der Waals surface area contributed by atoms with Crippen LogP contribution < -0.4 is 0 Å². The minimum absolute atomic E-state index is 0.347. The molecule has 0 aliphatic carbocycles. The summed E-state index contributed by atoms with van der Waals surface area (Å²) in [6, 6.07) is 7.64. The average molecular weight is 364 g/mol. The summed E-state index contributed by atoms with van der Waals surface area (Å²) in [7, 11) is 0. The van der Waals surface area contributed by atoms with Crippen LogP contribution >= 0.6 is 22.6 Å². The van der Waals surface area contributed by atoms with E-state index in [1.165, 1.54) is 0 Å². The normalized spacial score (nSPS) is 12.5. The molecule has 1 N–H and O–H groups in total. The Labute approximate surface area is 115 Å². The minimum atomic E-state index is -1.46. The zero-order valence-electron chi connectivity index (χ0n) is 9.00. The molecule has 0 amide bonds. The Bertz CT molecular complexity index is 546. The summed E-state index contributed by atoms with van der Waals surface area (Å²) >= 11 is 2.07. The van der Waals surface area contributed by atoms with Gasteiger partial charge in [-0.05, 0) is 40.3 Å². The molecule has 1 nitrogen and oxygen atoms in total. The second kappa shape index (κ2) is 5.27. The van der Waals surface area contributed by atoms with Gasteiger partial charge in [-0.15, -0.1) is 0 Å². The zero-order valence-corrected chi connectivity index (χ0v) is 11.2. The van der Waals surface area contributed by atoms with Crippen LogP contribution in [0.4, 0.5) is 13.2 Å². The number of hydrogen-bond donors (Lipinski definition) is 1. The number of halogens is 4. The first kappa shape index (κ1) is 13.4. The molecule has 1 atom stereocenters. The first-order chi connectivity index (χ1) is 8.49. The maximum absolute atomic E-state index is 13.5. The van der Waals surface area contributed by atoms with Gasteiger partial charge in [0, 0.05) is 15.7 Å². The molecule has 0 saturated carbocycles. The van der Waals surface area contributed by atoms with E-state index in [-0.39, 0.29) is 0 Å². The first-order valence-electron chi connectivity index (χ1n) is 5.07. The molecule has 2 aromatic rings. The van der Waals surface area contributed by atoms with Crippen molar-refractivity contribution < 1.29 is 18.3 Å². The largest absolute Gasteiger partial charge is 0.383 e. The number of aliphatic hydroxyl groups is 1. The van der Waals surface area contributed by atoms with Crippen molar-refractivity contribution in [1.29, 1.82) is 0 Å². The van der Waals surface area contributed by atoms with Crippen molar-refractivity contribution in [3.63, 3.8) is 0 Å². The van der Waals surface area contributed by atoms with Crippen molar-refractivity contribution in [1.82, 2.24) is 0 Å². The summed E-state index contributed by atoms with van der Waals surface area (Å²) in [6.45, 7) is 0. The van der Waals surface area contributed by atoms with E-state index in [4.69, 9.17) is 0 Å². The van der Waals surface area contributed by atoms with Gasteiger partial charge in [0.15, 0.2) is 0 Å². The van der Waals surface area contributed by atoms with Gasteiger partial charge in [-0.2, -0.15) is 0 Å². The van der Waals surface area contributed by atoms with E-state index in [1.807, 2.05) is 0 Å². The zero-order chi connectivity index (χ0) is 13.3. The van der Waals surface area contributed by atoms with Crippen molar-refractivity contribution in [2.75, 3.05) is 0 Å². The molecule has 0 saturated heterocycles. The van der Waals surface area contributed by atoms with E-state index in [9.17, 15) is 18.3 Å². The van der Waals surface area contributed by atoms with Crippen LogP contribution in [-0.4, -0.2) is 5.11 Å². The van der Waals surface area contributed by atoms with Gasteiger partial charge in [0.05, 0.1) is 5.56 Å². The standard InChI is InChI=1S/C13H8F3IO/c14-8-5-10(15)12(11(16)6-8)13(18)7-1-3-9(17)4-2-7/h1-6,13,18H. The van der Waals surface area contributed by atoms with Crippen molar-refractivity contribution in [2.24, 2.45) is 0 Å². The summed E-state index contributed by atoms with van der Waals surface area (Å²) in [4.78, 5) is 0. The molecule has 0 aromatic heterocycles. The van der Waals surface area contributed by atoms with Crippen LogP contribution in [-0.2, 0) is 0 Å². The van der Waals surface area contributed by atoms with Gasteiger partial charge >= 0.3 is 0 Å². The average Bonchev–Trinajstić information content (AvgIpc) is 2.28. The lowest BCUT2D eigenvalue weighted by molar-refractivity contribution is 0.208. The van der Waals surface area contributed by atoms with Crippen molar-refractivity contribution in [3.8, 4) is 0 Å². The Morgan fingerprint density at radius 1 is 0.944 bits per heavy atom. The molecule has 0 aliphatic heterocycles. The molecule has 0 bridgehead atoms. The first-order valence-corrected chi connectivity index (χ1v) is 6.15. The van der Waals surface area contributed by atoms with Gasteiger partial charge in [-0.1, -0.05) is 12.1 Å². The highest BCUT2D eigenvalue weighted by Gasteiger charge is 2.20. The van der Waals surface area contributed by atoms with Gasteiger partial charge in [-0.3, -0.25) is 0 Å². The van der Waals surface area contributed by atoms with Gasteiger partial charge in [0.2, 0.25) is 0 Å². The van der Waals surface area contributed by atoms with Crippen molar-refractivity contribution in [3.05, 3.63) is 68.5 Å². The maximum atomic E-state index is 13.5. The van der Waals surface area contributed by atoms with Crippen LogP contribution in [0.15, 0.2) is 36.4 Å². The second-order valence-corrected chi connectivity index (χ2v) is 4.98. The van der Waals surface area contributed by atoms with Gasteiger partial charge in [0.1, 0.15) is 23.6 Å².